The van der Waals surface area contributed by atoms with Crippen LogP contribution in [0.3, 0.4) is 0 Å². The summed E-state index contributed by atoms with van der Waals surface area (Å²) in [5.74, 6) is 0.888. The van der Waals surface area contributed by atoms with Gasteiger partial charge in [-0.2, -0.15) is 0 Å². The van der Waals surface area contributed by atoms with Gasteiger partial charge in [0.25, 0.3) is 5.56 Å². The lowest BCUT2D eigenvalue weighted by atomic mass is 9.91. The van der Waals surface area contributed by atoms with E-state index in [2.05, 4.69) is 62.7 Å². The largest absolute Gasteiger partial charge is 0.321 e. The molecule has 1 saturated carbocycles. The van der Waals surface area contributed by atoms with Crippen LogP contribution >= 0.6 is 0 Å². The van der Waals surface area contributed by atoms with Crippen molar-refractivity contribution in [2.75, 3.05) is 0 Å². The highest BCUT2D eigenvalue weighted by Crippen LogP contribution is 2.34. The van der Waals surface area contributed by atoms with Gasteiger partial charge in [0.1, 0.15) is 0 Å². The summed E-state index contributed by atoms with van der Waals surface area (Å²) in [7, 11) is 0. The Kier molecular flexibility index (Phi) is 7.56. The number of pyridine rings is 1. The van der Waals surface area contributed by atoms with E-state index >= 15 is 0 Å². The third-order valence-corrected chi connectivity index (χ3v) is 7.56. The molecule has 1 aliphatic rings. The Bertz CT molecular complexity index is 1340. The second-order valence-electron chi connectivity index (χ2n) is 10.1. The third-order valence-electron chi connectivity index (χ3n) is 7.56. The molecular formula is C29H36N6O. The van der Waals surface area contributed by atoms with Gasteiger partial charge in [-0.05, 0) is 59.2 Å². The summed E-state index contributed by atoms with van der Waals surface area (Å²) < 4.78 is 1.94. The molecule has 1 unspecified atom stereocenters. The minimum atomic E-state index is -0.00302. The van der Waals surface area contributed by atoms with Crippen LogP contribution in [0.5, 0.6) is 0 Å². The molecule has 1 atom stereocenters. The Balaban J connectivity index is 1.53. The van der Waals surface area contributed by atoms with Crippen molar-refractivity contribution >= 4 is 10.9 Å². The first kappa shape index (κ1) is 24.4. The summed E-state index contributed by atoms with van der Waals surface area (Å²) in [6.07, 6.45) is 7.97. The fourth-order valence-electron chi connectivity index (χ4n) is 5.69. The maximum Gasteiger partial charge on any atom is 0.252 e. The molecular weight excluding hydrogens is 448 g/mol. The van der Waals surface area contributed by atoms with Crippen LogP contribution in [0.25, 0.3) is 10.9 Å². The number of benzene rings is 2. The van der Waals surface area contributed by atoms with Gasteiger partial charge in [0.05, 0.1) is 18.1 Å². The van der Waals surface area contributed by atoms with Crippen LogP contribution in [0.2, 0.25) is 0 Å². The van der Waals surface area contributed by atoms with Gasteiger partial charge in [-0.25, -0.2) is 4.68 Å². The Hall–Kier alpha value is -3.32. The van der Waals surface area contributed by atoms with E-state index < -0.39 is 0 Å². The van der Waals surface area contributed by atoms with Crippen molar-refractivity contribution < 1.29 is 0 Å². The van der Waals surface area contributed by atoms with Crippen LogP contribution in [0.1, 0.15) is 80.4 Å². The second kappa shape index (κ2) is 11.2. The number of aromatic amines is 1. The van der Waals surface area contributed by atoms with E-state index in [0.29, 0.717) is 19.1 Å². The van der Waals surface area contributed by atoms with E-state index in [9.17, 15) is 4.79 Å². The molecule has 0 aliphatic heterocycles. The van der Waals surface area contributed by atoms with Gasteiger partial charge in [-0.3, -0.25) is 9.69 Å². The summed E-state index contributed by atoms with van der Waals surface area (Å²) in [6, 6.07) is 19.0. The highest BCUT2D eigenvalue weighted by Gasteiger charge is 2.32. The van der Waals surface area contributed by atoms with Crippen LogP contribution < -0.4 is 5.56 Å². The van der Waals surface area contributed by atoms with Crippen LogP contribution in [0.15, 0.2) is 59.4 Å². The van der Waals surface area contributed by atoms with Crippen molar-refractivity contribution in [3.05, 3.63) is 87.5 Å². The Morgan fingerprint density at radius 3 is 2.67 bits per heavy atom. The quantitative estimate of drug-likeness (QED) is 0.337. The standard InChI is InChI=1S/C29H36N6O/c1-3-11-26(28-31-32-33-35(28)19-22-13-6-4-7-14-22)34(25-16-8-5-9-17-25)20-24-18-23-15-10-12-21(2)27(23)30-29(24)36/h4,6-7,10,12-15,18,25-26H,3,5,8-9,11,16-17,19-20H2,1-2H3,(H,30,36). The first-order valence-corrected chi connectivity index (χ1v) is 13.3. The number of para-hydroxylation sites is 1. The van der Waals surface area contributed by atoms with Crippen molar-refractivity contribution in [1.82, 2.24) is 30.1 Å². The van der Waals surface area contributed by atoms with Crippen molar-refractivity contribution in [3.8, 4) is 0 Å². The van der Waals surface area contributed by atoms with E-state index in [0.717, 1.165) is 53.5 Å². The predicted molar refractivity (Wildman–Crippen MR) is 143 cm³/mol. The Morgan fingerprint density at radius 1 is 1.08 bits per heavy atom. The number of fused-ring (bicyclic) bond motifs is 1. The van der Waals surface area contributed by atoms with Gasteiger partial charge in [0.2, 0.25) is 0 Å². The number of H-pyrrole nitrogens is 1. The molecule has 2 aromatic heterocycles. The van der Waals surface area contributed by atoms with Crippen molar-refractivity contribution in [1.29, 1.82) is 0 Å². The molecule has 1 N–H and O–H groups in total. The SMILES string of the molecule is CCCC(c1nnnn1Cc1ccccc1)N(Cc1cc2cccc(C)c2[nH]c1=O)C1CCCCC1. The zero-order chi connectivity index (χ0) is 24.9. The van der Waals surface area contributed by atoms with Gasteiger partial charge in [0.15, 0.2) is 5.82 Å². The van der Waals surface area contributed by atoms with E-state index in [-0.39, 0.29) is 11.6 Å². The van der Waals surface area contributed by atoms with Crippen LogP contribution in [0.4, 0.5) is 0 Å². The lowest BCUT2D eigenvalue weighted by Gasteiger charge is -2.39. The van der Waals surface area contributed by atoms with Crippen molar-refractivity contribution in [2.24, 2.45) is 0 Å². The summed E-state index contributed by atoms with van der Waals surface area (Å²) in [5, 5.41) is 14.1. The molecule has 0 spiro atoms. The van der Waals surface area contributed by atoms with Gasteiger partial charge < -0.3 is 4.98 Å². The highest BCUT2D eigenvalue weighted by atomic mass is 16.1. The highest BCUT2D eigenvalue weighted by molar-refractivity contribution is 5.81. The fraction of sp³-hybridized carbons (Fsp3) is 0.448. The zero-order valence-electron chi connectivity index (χ0n) is 21.4. The van der Waals surface area contributed by atoms with Crippen molar-refractivity contribution in [3.63, 3.8) is 0 Å². The van der Waals surface area contributed by atoms with Crippen molar-refractivity contribution in [2.45, 2.75) is 84.0 Å². The monoisotopic (exact) mass is 484 g/mol. The lowest BCUT2D eigenvalue weighted by molar-refractivity contribution is 0.0812. The fourth-order valence-corrected chi connectivity index (χ4v) is 5.69. The van der Waals surface area contributed by atoms with E-state index in [1.54, 1.807) is 0 Å². The molecule has 188 valence electrons. The summed E-state index contributed by atoms with van der Waals surface area (Å²) in [5.41, 5.74) is 3.99. The molecule has 0 bridgehead atoms. The van der Waals surface area contributed by atoms with E-state index in [1.165, 1.54) is 24.8 Å². The molecule has 1 aliphatic carbocycles. The molecule has 1 fully saturated rings. The molecule has 4 aromatic rings. The van der Waals surface area contributed by atoms with Gasteiger partial charge in [-0.1, -0.05) is 81.1 Å². The summed E-state index contributed by atoms with van der Waals surface area (Å²) in [6.45, 7) is 5.48. The molecule has 5 rings (SSSR count). The van der Waals surface area contributed by atoms with Gasteiger partial charge in [0, 0.05) is 18.2 Å². The topological polar surface area (TPSA) is 79.7 Å². The van der Waals surface area contributed by atoms with E-state index in [1.807, 2.05) is 35.9 Å². The predicted octanol–water partition coefficient (Wildman–Crippen LogP) is 5.55. The molecule has 0 amide bonds. The number of nitrogens with zero attached hydrogens (tertiary/aromatic N) is 5. The average molecular weight is 485 g/mol. The minimum Gasteiger partial charge on any atom is -0.321 e. The molecule has 0 saturated heterocycles. The van der Waals surface area contributed by atoms with Gasteiger partial charge >= 0.3 is 0 Å². The molecule has 36 heavy (non-hydrogen) atoms. The number of tetrazole rings is 1. The average Bonchev–Trinajstić information content (AvgIpc) is 3.36. The number of hydrogen-bond acceptors (Lipinski definition) is 5. The maximum atomic E-state index is 13.3. The van der Waals surface area contributed by atoms with E-state index in [4.69, 9.17) is 0 Å². The molecule has 7 nitrogen and oxygen atoms in total. The zero-order valence-corrected chi connectivity index (χ0v) is 21.4. The smallest absolute Gasteiger partial charge is 0.252 e. The van der Waals surface area contributed by atoms with Crippen LogP contribution in [0, 0.1) is 6.92 Å². The van der Waals surface area contributed by atoms with Crippen LogP contribution in [-0.4, -0.2) is 36.1 Å². The lowest BCUT2D eigenvalue weighted by Crippen LogP contribution is -2.41. The number of hydrogen-bond donors (Lipinski definition) is 1. The number of nitrogens with one attached hydrogen (secondary N) is 1. The Labute approximate surface area is 212 Å². The normalized spacial score (nSPS) is 15.5. The number of aromatic nitrogens is 5. The number of rotatable bonds is 9. The minimum absolute atomic E-state index is 0.00302. The third kappa shape index (κ3) is 5.26. The molecule has 2 aromatic carbocycles. The first-order chi connectivity index (χ1) is 17.6. The Morgan fingerprint density at radius 2 is 1.89 bits per heavy atom. The molecule has 0 radical (unpaired) electrons. The first-order valence-electron chi connectivity index (χ1n) is 13.3. The summed E-state index contributed by atoms with van der Waals surface area (Å²) >= 11 is 0. The summed E-state index contributed by atoms with van der Waals surface area (Å²) in [4.78, 5) is 18.9. The van der Waals surface area contributed by atoms with Gasteiger partial charge in [-0.15, -0.1) is 5.10 Å². The second-order valence-corrected chi connectivity index (χ2v) is 10.1. The molecule has 7 heteroatoms. The number of aryl methyl sites for hydroxylation is 1. The molecule has 2 heterocycles. The van der Waals surface area contributed by atoms with Crippen LogP contribution in [-0.2, 0) is 13.1 Å². The maximum absolute atomic E-state index is 13.3.